The van der Waals surface area contributed by atoms with E-state index in [1.165, 1.54) is 24.3 Å². The molecule has 0 heterocycles. The van der Waals surface area contributed by atoms with E-state index in [9.17, 15) is 16.8 Å². The highest BCUT2D eigenvalue weighted by Crippen LogP contribution is 2.29. The van der Waals surface area contributed by atoms with E-state index in [-0.39, 0.29) is 15.8 Å². The normalized spacial score (nSPS) is 14.5. The Bertz CT molecular complexity index is 1220. The molecule has 0 bridgehead atoms. The fourth-order valence-electron chi connectivity index (χ4n) is 2.93. The van der Waals surface area contributed by atoms with Crippen LogP contribution >= 0.6 is 0 Å². The van der Waals surface area contributed by atoms with E-state index in [1.54, 1.807) is 12.1 Å². The van der Waals surface area contributed by atoms with Gasteiger partial charge in [0.15, 0.2) is 0 Å². The fourth-order valence-corrected chi connectivity index (χ4v) is 5.32. The Morgan fingerprint density at radius 3 is 1.83 bits per heavy atom. The third kappa shape index (κ3) is 4.50. The first-order valence-corrected chi connectivity index (χ1v) is 12.1. The first-order chi connectivity index (χ1) is 13.9. The molecule has 1 saturated carbocycles. The summed E-state index contributed by atoms with van der Waals surface area (Å²) in [6, 6.07) is 21.8. The predicted molar refractivity (Wildman–Crippen MR) is 112 cm³/mol. The molecular weight excluding hydrogens is 408 g/mol. The zero-order valence-electron chi connectivity index (χ0n) is 15.4. The van der Waals surface area contributed by atoms with Gasteiger partial charge in [-0.05, 0) is 48.7 Å². The van der Waals surface area contributed by atoms with Crippen molar-refractivity contribution in [2.45, 2.75) is 28.7 Å². The third-order valence-electron chi connectivity index (χ3n) is 4.60. The Balaban J connectivity index is 1.60. The summed E-state index contributed by atoms with van der Waals surface area (Å²) in [5.41, 5.74) is 2.09. The molecule has 6 nitrogen and oxygen atoms in total. The van der Waals surface area contributed by atoms with Gasteiger partial charge in [0.05, 0.1) is 15.5 Å². The van der Waals surface area contributed by atoms with Gasteiger partial charge in [-0.3, -0.25) is 4.72 Å². The number of rotatable bonds is 7. The number of sulfonamides is 2. The minimum Gasteiger partial charge on any atom is -0.279 e. The Labute approximate surface area is 170 Å². The standard InChI is InChI=1S/C21H20N2O4S2/c24-28(25,22-17-10-11-17)18-12-14-19(15-13-18)29(26,27)23-21-9-5-4-8-20(21)16-6-2-1-3-7-16/h1-9,12-15,17,22-23H,10-11H2. The van der Waals surface area contributed by atoms with E-state index < -0.39 is 20.0 Å². The van der Waals surface area contributed by atoms with Crippen molar-refractivity contribution >= 4 is 25.7 Å². The molecule has 150 valence electrons. The van der Waals surface area contributed by atoms with E-state index in [4.69, 9.17) is 0 Å². The lowest BCUT2D eigenvalue weighted by Gasteiger charge is -2.13. The fraction of sp³-hybridized carbons (Fsp3) is 0.143. The molecule has 3 aromatic rings. The van der Waals surface area contributed by atoms with Crippen LogP contribution in [0.3, 0.4) is 0 Å². The molecule has 1 aliphatic rings. The summed E-state index contributed by atoms with van der Waals surface area (Å²) in [7, 11) is -7.51. The summed E-state index contributed by atoms with van der Waals surface area (Å²) >= 11 is 0. The maximum atomic E-state index is 12.9. The van der Waals surface area contributed by atoms with E-state index >= 15 is 0 Å². The average Bonchev–Trinajstić information content (AvgIpc) is 3.52. The quantitative estimate of drug-likeness (QED) is 0.601. The van der Waals surface area contributed by atoms with Crippen LogP contribution in [0.5, 0.6) is 0 Å². The molecule has 3 aromatic carbocycles. The van der Waals surface area contributed by atoms with Gasteiger partial charge in [0, 0.05) is 11.6 Å². The Kier molecular flexibility index (Phi) is 5.16. The molecule has 0 saturated heterocycles. The van der Waals surface area contributed by atoms with E-state index in [0.29, 0.717) is 5.69 Å². The molecule has 1 fully saturated rings. The van der Waals surface area contributed by atoms with Crippen LogP contribution in [0.15, 0.2) is 88.7 Å². The summed E-state index contributed by atoms with van der Waals surface area (Å²) < 4.78 is 55.4. The monoisotopic (exact) mass is 428 g/mol. The molecule has 0 atom stereocenters. The highest BCUT2D eigenvalue weighted by atomic mass is 32.2. The lowest BCUT2D eigenvalue weighted by Crippen LogP contribution is -2.25. The molecule has 0 unspecified atom stereocenters. The summed E-state index contributed by atoms with van der Waals surface area (Å²) in [4.78, 5) is 0.0405. The average molecular weight is 429 g/mol. The zero-order valence-corrected chi connectivity index (χ0v) is 17.1. The van der Waals surface area contributed by atoms with Gasteiger partial charge in [-0.1, -0.05) is 48.5 Å². The number of para-hydroxylation sites is 1. The van der Waals surface area contributed by atoms with Crippen molar-refractivity contribution < 1.29 is 16.8 Å². The van der Waals surface area contributed by atoms with Crippen molar-refractivity contribution in [3.8, 4) is 11.1 Å². The van der Waals surface area contributed by atoms with Crippen molar-refractivity contribution in [1.82, 2.24) is 4.72 Å². The van der Waals surface area contributed by atoms with Gasteiger partial charge in [0.2, 0.25) is 10.0 Å². The van der Waals surface area contributed by atoms with Gasteiger partial charge in [0.1, 0.15) is 0 Å². The van der Waals surface area contributed by atoms with Crippen LogP contribution in [0, 0.1) is 0 Å². The number of hydrogen-bond acceptors (Lipinski definition) is 4. The molecule has 0 amide bonds. The minimum atomic E-state index is -3.88. The Hall–Kier alpha value is -2.68. The largest absolute Gasteiger partial charge is 0.279 e. The smallest absolute Gasteiger partial charge is 0.261 e. The molecule has 0 aliphatic heterocycles. The molecular formula is C21H20N2O4S2. The van der Waals surface area contributed by atoms with Crippen molar-refractivity contribution in [2.24, 2.45) is 0 Å². The highest BCUT2D eigenvalue weighted by Gasteiger charge is 2.28. The van der Waals surface area contributed by atoms with Crippen LogP contribution in [0.2, 0.25) is 0 Å². The third-order valence-corrected chi connectivity index (χ3v) is 7.52. The molecule has 0 aromatic heterocycles. The second-order valence-electron chi connectivity index (χ2n) is 6.88. The first-order valence-electron chi connectivity index (χ1n) is 9.15. The molecule has 0 radical (unpaired) electrons. The highest BCUT2D eigenvalue weighted by molar-refractivity contribution is 7.92. The summed E-state index contributed by atoms with van der Waals surface area (Å²) in [5.74, 6) is 0. The van der Waals surface area contributed by atoms with Gasteiger partial charge in [0.25, 0.3) is 10.0 Å². The van der Waals surface area contributed by atoms with Crippen molar-refractivity contribution in [2.75, 3.05) is 4.72 Å². The maximum absolute atomic E-state index is 12.9. The van der Waals surface area contributed by atoms with E-state index in [1.807, 2.05) is 42.5 Å². The van der Waals surface area contributed by atoms with Crippen LogP contribution in [0.1, 0.15) is 12.8 Å². The van der Waals surface area contributed by atoms with Gasteiger partial charge in [-0.15, -0.1) is 0 Å². The van der Waals surface area contributed by atoms with Crippen LogP contribution in [-0.4, -0.2) is 22.9 Å². The van der Waals surface area contributed by atoms with Gasteiger partial charge in [-0.2, -0.15) is 0 Å². The molecule has 8 heteroatoms. The number of anilines is 1. The minimum absolute atomic E-state index is 0.00858. The van der Waals surface area contributed by atoms with E-state index in [0.717, 1.165) is 24.0 Å². The Morgan fingerprint density at radius 1 is 0.655 bits per heavy atom. The molecule has 4 rings (SSSR count). The maximum Gasteiger partial charge on any atom is 0.261 e. The second-order valence-corrected chi connectivity index (χ2v) is 10.3. The van der Waals surface area contributed by atoms with Crippen molar-refractivity contribution in [3.05, 3.63) is 78.9 Å². The van der Waals surface area contributed by atoms with Gasteiger partial charge < -0.3 is 0 Å². The molecule has 2 N–H and O–H groups in total. The van der Waals surface area contributed by atoms with Crippen LogP contribution < -0.4 is 9.44 Å². The number of nitrogens with one attached hydrogen (secondary N) is 2. The van der Waals surface area contributed by atoms with Crippen LogP contribution in [-0.2, 0) is 20.0 Å². The molecule has 29 heavy (non-hydrogen) atoms. The summed E-state index contributed by atoms with van der Waals surface area (Å²) in [5, 5.41) is 0. The molecule has 0 spiro atoms. The topological polar surface area (TPSA) is 92.3 Å². The number of hydrogen-bond donors (Lipinski definition) is 2. The predicted octanol–water partition coefficient (Wildman–Crippen LogP) is 3.60. The zero-order chi connectivity index (χ0) is 20.5. The van der Waals surface area contributed by atoms with Crippen molar-refractivity contribution in [3.63, 3.8) is 0 Å². The Morgan fingerprint density at radius 2 is 1.21 bits per heavy atom. The van der Waals surface area contributed by atoms with Crippen LogP contribution in [0.25, 0.3) is 11.1 Å². The summed E-state index contributed by atoms with van der Waals surface area (Å²) in [6.45, 7) is 0. The lowest BCUT2D eigenvalue weighted by atomic mass is 10.0. The SMILES string of the molecule is O=S(=O)(Nc1ccccc1-c1ccccc1)c1ccc(S(=O)(=O)NC2CC2)cc1. The van der Waals surface area contributed by atoms with Crippen molar-refractivity contribution in [1.29, 1.82) is 0 Å². The van der Waals surface area contributed by atoms with E-state index in [2.05, 4.69) is 9.44 Å². The number of benzene rings is 3. The van der Waals surface area contributed by atoms with Gasteiger partial charge in [-0.25, -0.2) is 21.6 Å². The van der Waals surface area contributed by atoms with Crippen LogP contribution in [0.4, 0.5) is 5.69 Å². The first kappa shape index (κ1) is 19.6. The van der Waals surface area contributed by atoms with Gasteiger partial charge >= 0.3 is 0 Å². The second kappa shape index (κ2) is 7.62. The lowest BCUT2D eigenvalue weighted by molar-refractivity contribution is 0.580. The summed E-state index contributed by atoms with van der Waals surface area (Å²) in [6.07, 6.45) is 1.66. The molecule has 1 aliphatic carbocycles.